The van der Waals surface area contributed by atoms with Crippen LogP contribution in [0.1, 0.15) is 13.3 Å². The predicted molar refractivity (Wildman–Crippen MR) is 36.1 cm³/mol. The highest BCUT2D eigenvalue weighted by molar-refractivity contribution is 4.79. The monoisotopic (exact) mass is 131 g/mol. The molecule has 0 aromatic heterocycles. The van der Waals surface area contributed by atoms with E-state index in [1.54, 1.807) is 0 Å². The van der Waals surface area contributed by atoms with Crippen molar-refractivity contribution in [2.24, 2.45) is 11.8 Å². The molecule has 2 atom stereocenters. The third-order valence-electron chi connectivity index (χ3n) is 2.20. The van der Waals surface area contributed by atoms with Crippen molar-refractivity contribution in [3.63, 3.8) is 0 Å². The van der Waals surface area contributed by atoms with Gasteiger partial charge in [0.25, 0.3) is 0 Å². The van der Waals surface area contributed by atoms with Gasteiger partial charge in [0, 0.05) is 12.5 Å². The van der Waals surface area contributed by atoms with Gasteiger partial charge >= 0.3 is 0 Å². The minimum atomic E-state index is -0.147. The summed E-state index contributed by atoms with van der Waals surface area (Å²) in [5.41, 5.74) is 0. The lowest BCUT2D eigenvalue weighted by atomic mass is 9.95. The SMILES string of the molecule is CCC1CNCC1CF. The molecular weight excluding hydrogens is 117 g/mol. The van der Waals surface area contributed by atoms with Gasteiger partial charge in [-0.3, -0.25) is 4.39 Å². The minimum Gasteiger partial charge on any atom is -0.316 e. The number of rotatable bonds is 2. The van der Waals surface area contributed by atoms with Crippen molar-refractivity contribution >= 4 is 0 Å². The van der Waals surface area contributed by atoms with Crippen LogP contribution in [0.4, 0.5) is 4.39 Å². The average molecular weight is 131 g/mol. The maximum atomic E-state index is 12.1. The van der Waals surface area contributed by atoms with Crippen molar-refractivity contribution in [2.75, 3.05) is 19.8 Å². The van der Waals surface area contributed by atoms with Crippen molar-refractivity contribution in [3.8, 4) is 0 Å². The van der Waals surface area contributed by atoms with Gasteiger partial charge in [-0.2, -0.15) is 0 Å². The second kappa shape index (κ2) is 3.16. The zero-order valence-corrected chi connectivity index (χ0v) is 5.86. The smallest absolute Gasteiger partial charge is 0.0937 e. The predicted octanol–water partition coefficient (Wildman–Crippen LogP) is 1.20. The van der Waals surface area contributed by atoms with E-state index < -0.39 is 0 Å². The molecule has 0 radical (unpaired) electrons. The topological polar surface area (TPSA) is 12.0 Å². The molecule has 1 N–H and O–H groups in total. The second-order valence-corrected chi connectivity index (χ2v) is 2.74. The maximum Gasteiger partial charge on any atom is 0.0937 e. The average Bonchev–Trinajstić information content (AvgIpc) is 2.33. The molecule has 0 spiro atoms. The Bertz CT molecular complexity index is 75.0. The first kappa shape index (κ1) is 7.00. The number of halogens is 1. The molecule has 1 aliphatic rings. The third kappa shape index (κ3) is 1.42. The molecular formula is C7H14FN. The van der Waals surface area contributed by atoms with E-state index in [4.69, 9.17) is 0 Å². The van der Waals surface area contributed by atoms with Gasteiger partial charge in [-0.15, -0.1) is 0 Å². The molecule has 54 valence electrons. The van der Waals surface area contributed by atoms with E-state index in [2.05, 4.69) is 12.2 Å². The quantitative estimate of drug-likeness (QED) is 0.593. The van der Waals surface area contributed by atoms with Crippen molar-refractivity contribution in [1.29, 1.82) is 0 Å². The molecule has 2 heteroatoms. The summed E-state index contributed by atoms with van der Waals surface area (Å²) in [6, 6.07) is 0. The Balaban J connectivity index is 2.32. The van der Waals surface area contributed by atoms with Gasteiger partial charge in [-0.05, 0) is 12.5 Å². The molecule has 1 rings (SSSR count). The van der Waals surface area contributed by atoms with Crippen molar-refractivity contribution in [1.82, 2.24) is 5.32 Å². The van der Waals surface area contributed by atoms with Crippen molar-refractivity contribution in [3.05, 3.63) is 0 Å². The van der Waals surface area contributed by atoms with Crippen LogP contribution in [0.25, 0.3) is 0 Å². The lowest BCUT2D eigenvalue weighted by Gasteiger charge is -2.10. The molecule has 1 aliphatic heterocycles. The van der Waals surface area contributed by atoms with E-state index in [-0.39, 0.29) is 6.67 Å². The number of nitrogens with one attached hydrogen (secondary N) is 1. The van der Waals surface area contributed by atoms with Gasteiger partial charge in [-0.1, -0.05) is 13.3 Å². The van der Waals surface area contributed by atoms with Crippen LogP contribution in [0.5, 0.6) is 0 Å². The summed E-state index contributed by atoms with van der Waals surface area (Å²) in [5, 5.41) is 3.18. The summed E-state index contributed by atoms with van der Waals surface area (Å²) in [7, 11) is 0. The largest absolute Gasteiger partial charge is 0.316 e. The Morgan fingerprint density at radius 1 is 1.44 bits per heavy atom. The highest BCUT2D eigenvalue weighted by atomic mass is 19.1. The normalized spacial score (nSPS) is 35.3. The van der Waals surface area contributed by atoms with Crippen molar-refractivity contribution < 1.29 is 4.39 Å². The summed E-state index contributed by atoms with van der Waals surface area (Å²) in [4.78, 5) is 0. The summed E-state index contributed by atoms with van der Waals surface area (Å²) in [6.07, 6.45) is 1.11. The fraction of sp³-hybridized carbons (Fsp3) is 1.00. The fourth-order valence-electron chi connectivity index (χ4n) is 1.45. The van der Waals surface area contributed by atoms with Crippen LogP contribution >= 0.6 is 0 Å². The van der Waals surface area contributed by atoms with Crippen LogP contribution in [-0.4, -0.2) is 19.8 Å². The zero-order chi connectivity index (χ0) is 6.69. The molecule has 1 saturated heterocycles. The third-order valence-corrected chi connectivity index (χ3v) is 2.20. The van der Waals surface area contributed by atoms with Gasteiger partial charge in [0.05, 0.1) is 6.67 Å². The number of hydrogen-bond acceptors (Lipinski definition) is 1. The molecule has 0 saturated carbocycles. The van der Waals surface area contributed by atoms with Crippen LogP contribution in [0.15, 0.2) is 0 Å². The van der Waals surface area contributed by atoms with E-state index in [1.807, 2.05) is 0 Å². The molecule has 0 aromatic carbocycles. The number of alkyl halides is 1. The molecule has 0 aromatic rings. The maximum absolute atomic E-state index is 12.1. The van der Waals surface area contributed by atoms with Crippen LogP contribution in [0.3, 0.4) is 0 Å². The summed E-state index contributed by atoms with van der Waals surface area (Å²) < 4.78 is 12.1. The Morgan fingerprint density at radius 2 is 2.11 bits per heavy atom. The van der Waals surface area contributed by atoms with Crippen LogP contribution in [-0.2, 0) is 0 Å². The summed E-state index contributed by atoms with van der Waals surface area (Å²) >= 11 is 0. The van der Waals surface area contributed by atoms with Gasteiger partial charge < -0.3 is 5.32 Å². The van der Waals surface area contributed by atoms with Gasteiger partial charge in [0.1, 0.15) is 0 Å². The molecule has 1 heterocycles. The Kier molecular flexibility index (Phi) is 2.46. The van der Waals surface area contributed by atoms with Crippen LogP contribution in [0.2, 0.25) is 0 Å². The minimum absolute atomic E-state index is 0.147. The molecule has 0 aliphatic carbocycles. The number of hydrogen-bond donors (Lipinski definition) is 1. The standard InChI is InChI=1S/C7H14FN/c1-2-6-4-9-5-7(6)3-8/h6-7,9H,2-5H2,1H3. The van der Waals surface area contributed by atoms with Crippen LogP contribution < -0.4 is 5.32 Å². The molecule has 1 fully saturated rings. The lowest BCUT2D eigenvalue weighted by molar-refractivity contribution is 0.309. The van der Waals surface area contributed by atoms with Crippen molar-refractivity contribution in [2.45, 2.75) is 13.3 Å². The van der Waals surface area contributed by atoms with Gasteiger partial charge in [0.15, 0.2) is 0 Å². The fourth-order valence-corrected chi connectivity index (χ4v) is 1.45. The summed E-state index contributed by atoms with van der Waals surface area (Å²) in [6.45, 7) is 3.88. The Morgan fingerprint density at radius 3 is 2.56 bits per heavy atom. The molecule has 1 nitrogen and oxygen atoms in total. The molecule has 2 unspecified atom stereocenters. The highest BCUT2D eigenvalue weighted by Gasteiger charge is 2.24. The zero-order valence-electron chi connectivity index (χ0n) is 5.86. The first-order valence-electron chi connectivity index (χ1n) is 3.65. The first-order valence-corrected chi connectivity index (χ1v) is 3.65. The first-order chi connectivity index (χ1) is 4.38. The van der Waals surface area contributed by atoms with E-state index in [0.717, 1.165) is 19.5 Å². The van der Waals surface area contributed by atoms with E-state index >= 15 is 0 Å². The van der Waals surface area contributed by atoms with Crippen LogP contribution in [0, 0.1) is 11.8 Å². The van der Waals surface area contributed by atoms with E-state index in [1.165, 1.54) is 0 Å². The summed E-state index contributed by atoms with van der Waals surface area (Å²) in [5.74, 6) is 0.894. The van der Waals surface area contributed by atoms with Gasteiger partial charge in [-0.25, -0.2) is 0 Å². The van der Waals surface area contributed by atoms with Gasteiger partial charge in [0.2, 0.25) is 0 Å². The van der Waals surface area contributed by atoms with E-state index in [0.29, 0.717) is 11.8 Å². The Hall–Kier alpha value is -0.110. The molecule has 9 heavy (non-hydrogen) atoms. The van der Waals surface area contributed by atoms with E-state index in [9.17, 15) is 4.39 Å². The lowest BCUT2D eigenvalue weighted by Crippen LogP contribution is -2.12. The second-order valence-electron chi connectivity index (χ2n) is 2.74. The highest BCUT2D eigenvalue weighted by Crippen LogP contribution is 2.19. The molecule has 0 bridgehead atoms. The Labute approximate surface area is 55.6 Å². The molecule has 0 amide bonds.